The van der Waals surface area contributed by atoms with Crippen LogP contribution in [-0.4, -0.2) is 59.8 Å². The van der Waals surface area contributed by atoms with Crippen molar-refractivity contribution in [3.05, 3.63) is 30.0 Å². The van der Waals surface area contributed by atoms with Gasteiger partial charge in [0.25, 0.3) is 5.91 Å². The predicted octanol–water partition coefficient (Wildman–Crippen LogP) is 2.39. The lowest BCUT2D eigenvalue weighted by Crippen LogP contribution is -2.45. The Balaban J connectivity index is 1.64. The summed E-state index contributed by atoms with van der Waals surface area (Å²) in [6.07, 6.45) is 1.82. The van der Waals surface area contributed by atoms with Gasteiger partial charge in [-0.05, 0) is 37.0 Å². The number of nitrogens with zero attached hydrogens (tertiary/aromatic N) is 1. The number of rotatable bonds is 7. The van der Waals surface area contributed by atoms with Crippen molar-refractivity contribution in [1.29, 1.82) is 0 Å². The zero-order valence-electron chi connectivity index (χ0n) is 15.6. The summed E-state index contributed by atoms with van der Waals surface area (Å²) in [6, 6.07) is 7.90. The van der Waals surface area contributed by atoms with Gasteiger partial charge < -0.3 is 25.0 Å². The molecule has 0 spiro atoms. The minimum Gasteiger partial charge on any atom is -0.493 e. The van der Waals surface area contributed by atoms with E-state index in [2.05, 4.69) is 29.0 Å². The van der Waals surface area contributed by atoms with Gasteiger partial charge in [-0.2, -0.15) is 0 Å². The van der Waals surface area contributed by atoms with Gasteiger partial charge in [-0.15, -0.1) is 0 Å². The third-order valence-corrected chi connectivity index (χ3v) is 4.78. The number of likely N-dealkylation sites (tertiary alicyclic amines) is 1. The molecule has 6 nitrogen and oxygen atoms in total. The number of aromatic amines is 1. The number of hydrogen-bond acceptors (Lipinski definition) is 4. The van der Waals surface area contributed by atoms with Crippen LogP contribution in [0, 0.1) is 5.92 Å². The predicted molar refractivity (Wildman–Crippen MR) is 103 cm³/mol. The molecule has 1 amide bonds. The number of ether oxygens (including phenoxy) is 1. The van der Waals surface area contributed by atoms with E-state index in [4.69, 9.17) is 9.84 Å². The normalized spacial score (nSPS) is 16.3. The highest BCUT2D eigenvalue weighted by Gasteiger charge is 2.21. The van der Waals surface area contributed by atoms with Crippen molar-refractivity contribution in [1.82, 2.24) is 15.2 Å². The fraction of sp³-hybridized carbons (Fsp3) is 0.550. The van der Waals surface area contributed by atoms with E-state index in [1.54, 1.807) is 0 Å². The maximum absolute atomic E-state index is 12.6. The minimum absolute atomic E-state index is 0.0726. The second-order valence-corrected chi connectivity index (χ2v) is 7.42. The summed E-state index contributed by atoms with van der Waals surface area (Å²) in [6.45, 7) is 7.59. The van der Waals surface area contributed by atoms with Crippen molar-refractivity contribution in [2.24, 2.45) is 5.92 Å². The highest BCUT2D eigenvalue weighted by atomic mass is 16.5. The largest absolute Gasteiger partial charge is 0.493 e. The second kappa shape index (κ2) is 8.56. The summed E-state index contributed by atoms with van der Waals surface area (Å²) < 4.78 is 5.88. The fourth-order valence-electron chi connectivity index (χ4n) is 3.34. The highest BCUT2D eigenvalue weighted by molar-refractivity contribution is 5.99. The molecule has 1 saturated heterocycles. The number of carbonyl (C=O) groups is 1. The van der Waals surface area contributed by atoms with Crippen LogP contribution in [0.3, 0.4) is 0 Å². The molecule has 2 aromatic rings. The van der Waals surface area contributed by atoms with E-state index in [0.29, 0.717) is 24.8 Å². The van der Waals surface area contributed by atoms with Crippen LogP contribution in [0.4, 0.5) is 0 Å². The number of β-amino-alcohol motifs (C(OH)–C–C–N with tert-alkyl or cyclic N) is 1. The molecule has 3 rings (SSSR count). The molecule has 2 heterocycles. The molecule has 26 heavy (non-hydrogen) atoms. The van der Waals surface area contributed by atoms with Crippen LogP contribution in [0.5, 0.6) is 5.75 Å². The van der Waals surface area contributed by atoms with Crippen LogP contribution in [0.1, 0.15) is 37.2 Å². The van der Waals surface area contributed by atoms with Gasteiger partial charge in [0, 0.05) is 36.6 Å². The van der Waals surface area contributed by atoms with E-state index in [9.17, 15) is 4.79 Å². The van der Waals surface area contributed by atoms with Crippen LogP contribution >= 0.6 is 0 Å². The smallest absolute Gasteiger partial charge is 0.267 e. The molecule has 1 fully saturated rings. The molecule has 1 aromatic heterocycles. The summed E-state index contributed by atoms with van der Waals surface area (Å²) in [5, 5.41) is 13.1. The molecule has 142 valence electrons. The van der Waals surface area contributed by atoms with Crippen molar-refractivity contribution in [2.45, 2.75) is 32.7 Å². The van der Waals surface area contributed by atoms with Gasteiger partial charge in [-0.25, -0.2) is 0 Å². The number of H-pyrrole nitrogens is 1. The Morgan fingerprint density at radius 3 is 2.85 bits per heavy atom. The minimum atomic E-state index is -0.0726. The van der Waals surface area contributed by atoms with Crippen LogP contribution in [-0.2, 0) is 0 Å². The van der Waals surface area contributed by atoms with Crippen molar-refractivity contribution >= 4 is 16.8 Å². The van der Waals surface area contributed by atoms with Gasteiger partial charge in [0.1, 0.15) is 11.4 Å². The molecular weight excluding hydrogens is 330 g/mol. The van der Waals surface area contributed by atoms with Gasteiger partial charge in [0.2, 0.25) is 0 Å². The molecule has 0 radical (unpaired) electrons. The Morgan fingerprint density at radius 1 is 1.38 bits per heavy atom. The molecule has 1 aliphatic rings. The molecular formula is C20H29N3O3. The number of aliphatic hydroxyl groups excluding tert-OH is 1. The Morgan fingerprint density at radius 2 is 2.15 bits per heavy atom. The number of piperidine rings is 1. The number of nitrogens with one attached hydrogen (secondary N) is 2. The lowest BCUT2D eigenvalue weighted by molar-refractivity contribution is 0.0899. The summed E-state index contributed by atoms with van der Waals surface area (Å²) in [5.41, 5.74) is 1.48. The second-order valence-electron chi connectivity index (χ2n) is 7.42. The van der Waals surface area contributed by atoms with Crippen molar-refractivity contribution in [3.8, 4) is 5.75 Å². The zero-order valence-corrected chi connectivity index (χ0v) is 15.6. The number of aromatic nitrogens is 1. The molecule has 0 atom stereocenters. The summed E-state index contributed by atoms with van der Waals surface area (Å²) in [4.78, 5) is 18.1. The van der Waals surface area contributed by atoms with Crippen LogP contribution in [0.2, 0.25) is 0 Å². The molecule has 0 aliphatic carbocycles. The van der Waals surface area contributed by atoms with Crippen molar-refractivity contribution in [2.75, 3.05) is 32.8 Å². The van der Waals surface area contributed by atoms with E-state index in [0.717, 1.165) is 42.6 Å². The first kappa shape index (κ1) is 18.7. The highest BCUT2D eigenvalue weighted by Crippen LogP contribution is 2.27. The Labute approximate surface area is 154 Å². The zero-order chi connectivity index (χ0) is 18.5. The van der Waals surface area contributed by atoms with E-state index in [-0.39, 0.29) is 18.6 Å². The number of amides is 1. The molecule has 0 saturated carbocycles. The topological polar surface area (TPSA) is 77.6 Å². The molecule has 1 aromatic carbocycles. The maximum Gasteiger partial charge on any atom is 0.267 e. The Hall–Kier alpha value is -2.05. The quantitative estimate of drug-likeness (QED) is 0.709. The fourth-order valence-corrected chi connectivity index (χ4v) is 3.34. The van der Waals surface area contributed by atoms with Crippen LogP contribution < -0.4 is 10.1 Å². The number of carbonyl (C=O) groups excluding carboxylic acids is 1. The molecule has 0 unspecified atom stereocenters. The molecule has 1 aliphatic heterocycles. The van der Waals surface area contributed by atoms with E-state index in [1.165, 1.54) is 0 Å². The molecule has 6 heteroatoms. The Kier molecular flexibility index (Phi) is 6.16. The lowest BCUT2D eigenvalue weighted by atomic mass is 10.0. The first-order valence-corrected chi connectivity index (χ1v) is 9.45. The standard InChI is InChI=1S/C20H29N3O3/c1-14(2)13-26-19-5-3-4-17-16(19)12-18(22-17)20(25)21-15-6-8-23(9-7-15)10-11-24/h3-5,12,14-15,22,24H,6-11,13H2,1-2H3,(H,21,25). The summed E-state index contributed by atoms with van der Waals surface area (Å²) in [5.74, 6) is 1.18. The van der Waals surface area contributed by atoms with Gasteiger partial charge in [-0.3, -0.25) is 4.79 Å². The molecule has 0 bridgehead atoms. The maximum atomic E-state index is 12.6. The van der Waals surface area contributed by atoms with E-state index < -0.39 is 0 Å². The summed E-state index contributed by atoms with van der Waals surface area (Å²) >= 11 is 0. The van der Waals surface area contributed by atoms with Crippen LogP contribution in [0.15, 0.2) is 24.3 Å². The van der Waals surface area contributed by atoms with Gasteiger partial charge in [0.05, 0.1) is 13.2 Å². The third kappa shape index (κ3) is 4.56. The number of benzene rings is 1. The summed E-state index contributed by atoms with van der Waals surface area (Å²) in [7, 11) is 0. The van der Waals surface area contributed by atoms with Crippen LogP contribution in [0.25, 0.3) is 10.9 Å². The lowest BCUT2D eigenvalue weighted by Gasteiger charge is -2.31. The molecule has 3 N–H and O–H groups in total. The number of aliphatic hydroxyl groups is 1. The van der Waals surface area contributed by atoms with Crippen molar-refractivity contribution < 1.29 is 14.6 Å². The first-order valence-electron chi connectivity index (χ1n) is 9.45. The van der Waals surface area contributed by atoms with Gasteiger partial charge >= 0.3 is 0 Å². The number of hydrogen-bond donors (Lipinski definition) is 3. The SMILES string of the molecule is CC(C)COc1cccc2[nH]c(C(=O)NC3CCN(CCO)CC3)cc12. The number of fused-ring (bicyclic) bond motifs is 1. The van der Waals surface area contributed by atoms with Gasteiger partial charge in [-0.1, -0.05) is 19.9 Å². The monoisotopic (exact) mass is 359 g/mol. The average molecular weight is 359 g/mol. The third-order valence-electron chi connectivity index (χ3n) is 4.78. The van der Waals surface area contributed by atoms with Crippen molar-refractivity contribution in [3.63, 3.8) is 0 Å². The van der Waals surface area contributed by atoms with E-state index in [1.807, 2.05) is 24.3 Å². The van der Waals surface area contributed by atoms with Gasteiger partial charge in [0.15, 0.2) is 0 Å². The first-order chi connectivity index (χ1) is 12.6. The Bertz CT molecular complexity index is 733. The van der Waals surface area contributed by atoms with E-state index >= 15 is 0 Å². The average Bonchev–Trinajstić information content (AvgIpc) is 3.07.